The molecule has 10 rings (SSSR count). The average molecular weight is 827 g/mol. The van der Waals surface area contributed by atoms with Gasteiger partial charge in [0.25, 0.3) is 0 Å². The van der Waals surface area contributed by atoms with Crippen molar-refractivity contribution in [2.75, 3.05) is 11.4 Å². The number of hydrogen-bond donors (Lipinski definition) is 2. The summed E-state index contributed by atoms with van der Waals surface area (Å²) in [6.07, 6.45) is 2.45. The van der Waals surface area contributed by atoms with Crippen LogP contribution in [0.15, 0.2) is 121 Å². The number of benzene rings is 5. The third-order valence-corrected chi connectivity index (χ3v) is 12.1. The molecule has 276 valence electrons. The van der Waals surface area contributed by atoms with Crippen molar-refractivity contribution >= 4 is 97.3 Å². The lowest BCUT2D eigenvalue weighted by Crippen LogP contribution is -2.54. The molecule has 4 atom stereocenters. The number of rotatable bonds is 7. The van der Waals surface area contributed by atoms with Crippen LogP contribution in [0.3, 0.4) is 0 Å². The van der Waals surface area contributed by atoms with Crippen LogP contribution in [0.5, 0.6) is 0 Å². The van der Waals surface area contributed by atoms with Gasteiger partial charge in [-0.15, -0.1) is 0 Å². The van der Waals surface area contributed by atoms with Gasteiger partial charge in [-0.3, -0.25) is 9.59 Å². The highest BCUT2D eigenvalue weighted by molar-refractivity contribution is 6.32. The second-order valence-corrected chi connectivity index (χ2v) is 16.7. The molecule has 2 N–H and O–H groups in total. The summed E-state index contributed by atoms with van der Waals surface area (Å²) in [5.74, 6) is 0.449. The standard InChI is InChI=1S/C23H15Cl3N2O.C21H18Cl2N2O/c24-15-4-1-13(2-5-15)21-22(20-11-14-3-6-17(26)12-19(14)27-20)28(23(21)29)18-9-7-16(25)8-10-18;22-15-6-3-13(4-7-15)19-20(25(21(19)26)11-12-1-2-12)18-9-14-5-8-16(23)10-17(14)24-18/h1-12,21-22,27H;3-10,12,19-20,24H,1-2,11H2. The average Bonchev–Trinajstić information content (AvgIpc) is 3.77. The Morgan fingerprint density at radius 3 is 1.44 bits per heavy atom. The SMILES string of the molecule is O=C1C(c2ccc(Cl)cc2)C(c2cc3ccc(Cl)cc3[nH]2)N1CC1CC1.O=C1C(c2ccc(Cl)cc2)C(c2cc3ccc(Cl)cc3[nH]2)N1c1ccc(Cl)cc1. The number of nitrogens with zero attached hydrogens (tertiary/aromatic N) is 2. The largest absolute Gasteiger partial charge is 0.357 e. The summed E-state index contributed by atoms with van der Waals surface area (Å²) in [4.78, 5) is 36.9. The quantitative estimate of drug-likeness (QED) is 0.157. The lowest BCUT2D eigenvalue weighted by Gasteiger charge is -2.47. The molecule has 2 amide bonds. The van der Waals surface area contributed by atoms with Crippen LogP contribution in [0.2, 0.25) is 25.1 Å². The van der Waals surface area contributed by atoms with Gasteiger partial charge in [0.15, 0.2) is 0 Å². The van der Waals surface area contributed by atoms with Crippen LogP contribution < -0.4 is 4.90 Å². The first-order valence-electron chi connectivity index (χ1n) is 18.1. The van der Waals surface area contributed by atoms with Gasteiger partial charge in [0.05, 0.1) is 23.9 Å². The van der Waals surface area contributed by atoms with Crippen LogP contribution in [0.4, 0.5) is 5.69 Å². The number of halogens is 5. The van der Waals surface area contributed by atoms with Gasteiger partial charge >= 0.3 is 0 Å². The lowest BCUT2D eigenvalue weighted by molar-refractivity contribution is -0.151. The van der Waals surface area contributed by atoms with Gasteiger partial charge in [0.2, 0.25) is 11.8 Å². The number of aromatic nitrogens is 2. The van der Waals surface area contributed by atoms with Gasteiger partial charge in [-0.05, 0) is 126 Å². The Balaban J connectivity index is 0.000000145. The monoisotopic (exact) mass is 824 g/mol. The number of nitrogens with one attached hydrogen (secondary N) is 2. The predicted octanol–water partition coefficient (Wildman–Crippen LogP) is 12.6. The van der Waals surface area contributed by atoms with E-state index in [0.29, 0.717) is 31.0 Å². The number of amides is 2. The Labute approximate surface area is 342 Å². The lowest BCUT2D eigenvalue weighted by atomic mass is 9.79. The number of anilines is 1. The second kappa shape index (κ2) is 14.6. The first-order chi connectivity index (χ1) is 26.6. The molecule has 55 heavy (non-hydrogen) atoms. The Hall–Kier alpha value is -4.43. The summed E-state index contributed by atoms with van der Waals surface area (Å²) in [7, 11) is 0. The summed E-state index contributed by atoms with van der Waals surface area (Å²) >= 11 is 30.4. The van der Waals surface area contributed by atoms with E-state index in [0.717, 1.165) is 56.6 Å². The van der Waals surface area contributed by atoms with Crippen molar-refractivity contribution in [3.63, 3.8) is 0 Å². The molecule has 2 aromatic heterocycles. The zero-order valence-electron chi connectivity index (χ0n) is 29.2. The number of aromatic amines is 2. The van der Waals surface area contributed by atoms with Gasteiger partial charge < -0.3 is 19.8 Å². The van der Waals surface area contributed by atoms with E-state index in [1.807, 2.05) is 107 Å². The number of carbonyl (C=O) groups is 2. The summed E-state index contributed by atoms with van der Waals surface area (Å²) in [5.41, 5.74) is 6.75. The van der Waals surface area contributed by atoms with Crippen molar-refractivity contribution in [1.29, 1.82) is 0 Å². The van der Waals surface area contributed by atoms with E-state index in [1.54, 1.807) is 12.1 Å². The molecule has 0 radical (unpaired) electrons. The molecule has 1 aliphatic carbocycles. The van der Waals surface area contributed by atoms with Crippen molar-refractivity contribution in [2.24, 2.45) is 5.92 Å². The van der Waals surface area contributed by atoms with E-state index in [9.17, 15) is 9.59 Å². The van der Waals surface area contributed by atoms with Crippen LogP contribution in [0.25, 0.3) is 21.8 Å². The maximum atomic E-state index is 13.2. The summed E-state index contributed by atoms with van der Waals surface area (Å²) < 4.78 is 0. The van der Waals surface area contributed by atoms with E-state index < -0.39 is 0 Å². The molecule has 4 unspecified atom stereocenters. The van der Waals surface area contributed by atoms with Crippen molar-refractivity contribution in [3.8, 4) is 0 Å². The number of likely N-dealkylation sites (tertiary alicyclic amines) is 1. The van der Waals surface area contributed by atoms with Crippen molar-refractivity contribution in [1.82, 2.24) is 14.9 Å². The third-order valence-electron chi connectivity index (χ3n) is 10.9. The van der Waals surface area contributed by atoms with Gasteiger partial charge in [0, 0.05) is 59.8 Å². The predicted molar refractivity (Wildman–Crippen MR) is 224 cm³/mol. The highest BCUT2D eigenvalue weighted by Crippen LogP contribution is 2.50. The van der Waals surface area contributed by atoms with E-state index in [-0.39, 0.29) is 35.7 Å². The van der Waals surface area contributed by atoms with Crippen LogP contribution >= 0.6 is 58.0 Å². The number of hydrogen-bond acceptors (Lipinski definition) is 2. The Morgan fingerprint density at radius 1 is 0.509 bits per heavy atom. The highest BCUT2D eigenvalue weighted by atomic mass is 35.5. The number of β-lactam (4-membered cyclic amide) rings is 2. The first-order valence-corrected chi connectivity index (χ1v) is 20.0. The van der Waals surface area contributed by atoms with Gasteiger partial charge in [-0.2, -0.15) is 0 Å². The number of carbonyl (C=O) groups excluding carboxylic acids is 2. The maximum Gasteiger partial charge on any atom is 0.237 e. The fourth-order valence-corrected chi connectivity index (χ4v) is 8.65. The van der Waals surface area contributed by atoms with Gasteiger partial charge in [0.1, 0.15) is 0 Å². The smallest absolute Gasteiger partial charge is 0.237 e. The summed E-state index contributed by atoms with van der Waals surface area (Å²) in [6.45, 7) is 0.851. The number of fused-ring (bicyclic) bond motifs is 2. The molecule has 2 aliphatic heterocycles. The molecule has 1 saturated carbocycles. The van der Waals surface area contributed by atoms with Crippen molar-refractivity contribution in [2.45, 2.75) is 36.8 Å². The molecule has 3 fully saturated rings. The van der Waals surface area contributed by atoms with Crippen molar-refractivity contribution < 1.29 is 9.59 Å². The molecule has 3 aliphatic rings. The third kappa shape index (κ3) is 7.00. The fourth-order valence-electron chi connectivity index (χ4n) is 7.93. The summed E-state index contributed by atoms with van der Waals surface area (Å²) in [5, 5.41) is 5.51. The Bertz CT molecular complexity index is 2510. The molecular weight excluding hydrogens is 794 g/mol. The Kier molecular flexibility index (Phi) is 9.60. The fraction of sp³-hybridized carbons (Fsp3) is 0.182. The molecule has 0 spiro atoms. The van der Waals surface area contributed by atoms with E-state index in [2.05, 4.69) is 22.1 Å². The zero-order chi connectivity index (χ0) is 38.0. The topological polar surface area (TPSA) is 72.2 Å². The van der Waals surface area contributed by atoms with E-state index in [4.69, 9.17) is 58.0 Å². The van der Waals surface area contributed by atoms with Crippen LogP contribution in [-0.4, -0.2) is 33.2 Å². The molecule has 4 heterocycles. The second-order valence-electron chi connectivity index (χ2n) is 14.5. The minimum absolute atomic E-state index is 0.0375. The van der Waals surface area contributed by atoms with Crippen LogP contribution in [0.1, 0.15) is 59.3 Å². The Morgan fingerprint density at radius 2 is 0.945 bits per heavy atom. The van der Waals surface area contributed by atoms with Gasteiger partial charge in [-0.25, -0.2) is 0 Å². The normalized spacial score (nSPS) is 20.7. The van der Waals surface area contributed by atoms with Crippen LogP contribution in [0, 0.1) is 5.92 Å². The van der Waals surface area contributed by atoms with E-state index >= 15 is 0 Å². The maximum absolute atomic E-state index is 13.2. The zero-order valence-corrected chi connectivity index (χ0v) is 32.9. The minimum atomic E-state index is -0.300. The molecule has 5 aromatic carbocycles. The molecule has 2 saturated heterocycles. The van der Waals surface area contributed by atoms with Gasteiger partial charge in [-0.1, -0.05) is 94.4 Å². The van der Waals surface area contributed by atoms with E-state index in [1.165, 1.54) is 12.8 Å². The first kappa shape index (κ1) is 36.2. The minimum Gasteiger partial charge on any atom is -0.357 e. The molecule has 0 bridgehead atoms. The molecular formula is C44H33Cl5N4O2. The van der Waals surface area contributed by atoms with Crippen LogP contribution in [-0.2, 0) is 9.59 Å². The van der Waals surface area contributed by atoms with Crippen molar-refractivity contribution in [3.05, 3.63) is 169 Å². The molecule has 7 aromatic rings. The molecule has 6 nitrogen and oxygen atoms in total. The number of H-pyrrole nitrogens is 2. The molecule has 11 heteroatoms. The highest BCUT2D eigenvalue weighted by Gasteiger charge is 2.51. The summed E-state index contributed by atoms with van der Waals surface area (Å²) in [6, 6.07) is 38.1.